The van der Waals surface area contributed by atoms with Crippen molar-refractivity contribution < 1.29 is 9.53 Å². The molecule has 0 radical (unpaired) electrons. The highest BCUT2D eigenvalue weighted by atomic mass is 16.5. The van der Waals surface area contributed by atoms with Crippen molar-refractivity contribution in [1.29, 1.82) is 0 Å². The van der Waals surface area contributed by atoms with Crippen LogP contribution in [0.2, 0.25) is 0 Å². The smallest absolute Gasteiger partial charge is 0.306 e. The van der Waals surface area contributed by atoms with Crippen molar-refractivity contribution in [3.63, 3.8) is 0 Å². The Balaban J connectivity index is 1.55. The molecule has 0 unspecified atom stereocenters. The standard InChI is InChI=1S/C19H19N3O3/c1-14-6-4-8-16-18(14)21-13-22(19(16)24)11-5-9-17(23)25-12-15-7-2-3-10-20-15/h2-4,6-8,10,13H,5,9,11-12H2,1H3. The van der Waals surface area contributed by atoms with Gasteiger partial charge in [-0.15, -0.1) is 0 Å². The maximum absolute atomic E-state index is 12.5. The van der Waals surface area contributed by atoms with E-state index in [-0.39, 0.29) is 24.6 Å². The van der Waals surface area contributed by atoms with E-state index in [2.05, 4.69) is 9.97 Å². The maximum Gasteiger partial charge on any atom is 0.306 e. The lowest BCUT2D eigenvalue weighted by atomic mass is 10.1. The number of carbonyl (C=O) groups is 1. The molecule has 0 aliphatic carbocycles. The summed E-state index contributed by atoms with van der Waals surface area (Å²) in [5.74, 6) is -0.303. The van der Waals surface area contributed by atoms with Gasteiger partial charge in [0.2, 0.25) is 0 Å². The quantitative estimate of drug-likeness (QED) is 0.647. The van der Waals surface area contributed by atoms with E-state index in [1.807, 2.05) is 31.2 Å². The number of nitrogens with zero attached hydrogens (tertiary/aromatic N) is 3. The first-order valence-corrected chi connectivity index (χ1v) is 8.15. The highest BCUT2D eigenvalue weighted by Crippen LogP contribution is 2.11. The first kappa shape index (κ1) is 16.8. The lowest BCUT2D eigenvalue weighted by Gasteiger charge is -2.08. The Hall–Kier alpha value is -3.02. The van der Waals surface area contributed by atoms with Crippen molar-refractivity contribution >= 4 is 16.9 Å². The minimum absolute atomic E-state index is 0.0875. The molecule has 6 nitrogen and oxygen atoms in total. The van der Waals surface area contributed by atoms with E-state index in [9.17, 15) is 9.59 Å². The zero-order valence-corrected chi connectivity index (χ0v) is 14.0. The molecule has 0 amide bonds. The summed E-state index contributed by atoms with van der Waals surface area (Å²) in [5, 5.41) is 0.597. The van der Waals surface area contributed by atoms with Crippen molar-refractivity contribution in [2.75, 3.05) is 0 Å². The number of esters is 1. The van der Waals surface area contributed by atoms with Crippen molar-refractivity contribution in [1.82, 2.24) is 14.5 Å². The molecule has 1 aromatic carbocycles. The van der Waals surface area contributed by atoms with Gasteiger partial charge in [0.05, 0.1) is 22.9 Å². The van der Waals surface area contributed by atoms with Crippen LogP contribution in [0.5, 0.6) is 0 Å². The van der Waals surface area contributed by atoms with E-state index < -0.39 is 0 Å². The molecule has 0 aliphatic rings. The van der Waals surface area contributed by atoms with Gasteiger partial charge in [-0.1, -0.05) is 18.2 Å². The maximum atomic E-state index is 12.5. The molecule has 0 saturated heterocycles. The van der Waals surface area contributed by atoms with Gasteiger partial charge in [-0.2, -0.15) is 0 Å². The number of para-hydroxylation sites is 1. The third kappa shape index (κ3) is 4.09. The normalized spacial score (nSPS) is 10.8. The number of pyridine rings is 1. The van der Waals surface area contributed by atoms with Crippen molar-refractivity contribution in [2.24, 2.45) is 0 Å². The number of hydrogen-bond donors (Lipinski definition) is 0. The number of benzene rings is 1. The minimum Gasteiger partial charge on any atom is -0.459 e. The molecule has 128 valence electrons. The van der Waals surface area contributed by atoms with Crippen LogP contribution in [0.1, 0.15) is 24.1 Å². The predicted octanol–water partition coefficient (Wildman–Crippen LogP) is 2.62. The lowest BCUT2D eigenvalue weighted by molar-refractivity contribution is -0.145. The third-order valence-electron chi connectivity index (χ3n) is 3.94. The van der Waals surface area contributed by atoms with E-state index >= 15 is 0 Å². The zero-order chi connectivity index (χ0) is 17.6. The monoisotopic (exact) mass is 337 g/mol. The topological polar surface area (TPSA) is 74.1 Å². The van der Waals surface area contributed by atoms with Crippen molar-refractivity contribution in [2.45, 2.75) is 32.9 Å². The number of aromatic nitrogens is 3. The van der Waals surface area contributed by atoms with Gasteiger partial charge in [0.25, 0.3) is 5.56 Å². The summed E-state index contributed by atoms with van der Waals surface area (Å²) >= 11 is 0. The predicted molar refractivity (Wildman–Crippen MR) is 94.0 cm³/mol. The summed E-state index contributed by atoms with van der Waals surface area (Å²) < 4.78 is 6.71. The molecule has 3 aromatic rings. The fraction of sp³-hybridized carbons (Fsp3) is 0.263. The van der Waals surface area contributed by atoms with Gasteiger partial charge < -0.3 is 4.74 Å². The van der Waals surface area contributed by atoms with Crippen molar-refractivity contribution in [3.8, 4) is 0 Å². The first-order valence-electron chi connectivity index (χ1n) is 8.15. The first-order chi connectivity index (χ1) is 12.1. The number of ether oxygens (including phenoxy) is 1. The molecule has 0 atom stereocenters. The van der Waals surface area contributed by atoms with Gasteiger partial charge in [-0.3, -0.25) is 19.1 Å². The van der Waals surface area contributed by atoms with Crippen LogP contribution in [0.25, 0.3) is 10.9 Å². The number of rotatable bonds is 6. The third-order valence-corrected chi connectivity index (χ3v) is 3.94. The molecule has 3 rings (SSSR count). The zero-order valence-electron chi connectivity index (χ0n) is 14.0. The number of fused-ring (bicyclic) bond motifs is 1. The Labute approximate surface area is 145 Å². The molecular formula is C19H19N3O3. The lowest BCUT2D eigenvalue weighted by Crippen LogP contribution is -2.21. The van der Waals surface area contributed by atoms with Gasteiger partial charge in [0, 0.05) is 19.2 Å². The molecule has 0 spiro atoms. The summed E-state index contributed by atoms with van der Waals surface area (Å²) in [4.78, 5) is 32.7. The number of aryl methyl sites for hydroxylation is 2. The fourth-order valence-electron chi connectivity index (χ4n) is 2.60. The Bertz CT molecular complexity index is 936. The van der Waals surface area contributed by atoms with E-state index in [0.717, 1.165) is 11.1 Å². The summed E-state index contributed by atoms with van der Waals surface area (Å²) in [7, 11) is 0. The molecule has 25 heavy (non-hydrogen) atoms. The van der Waals surface area contributed by atoms with E-state index in [1.54, 1.807) is 18.3 Å². The Morgan fingerprint density at radius 3 is 2.84 bits per heavy atom. The molecule has 6 heteroatoms. The highest BCUT2D eigenvalue weighted by Gasteiger charge is 2.08. The van der Waals surface area contributed by atoms with Crippen LogP contribution in [-0.4, -0.2) is 20.5 Å². The second-order valence-corrected chi connectivity index (χ2v) is 5.80. The van der Waals surface area contributed by atoms with Crippen LogP contribution >= 0.6 is 0 Å². The molecule has 0 aliphatic heterocycles. The second-order valence-electron chi connectivity index (χ2n) is 5.80. The minimum atomic E-state index is -0.303. The Morgan fingerprint density at radius 1 is 1.16 bits per heavy atom. The average Bonchev–Trinajstić information content (AvgIpc) is 2.63. The second kappa shape index (κ2) is 7.70. The molecule has 0 bridgehead atoms. The summed E-state index contributed by atoms with van der Waals surface area (Å²) in [6.45, 7) is 2.52. The van der Waals surface area contributed by atoms with E-state index in [1.165, 1.54) is 10.9 Å². The number of carbonyl (C=O) groups excluding carboxylic acids is 1. The molecule has 0 saturated carbocycles. The molecule has 0 fully saturated rings. The number of hydrogen-bond acceptors (Lipinski definition) is 5. The van der Waals surface area contributed by atoms with Gasteiger partial charge in [0.15, 0.2) is 0 Å². The molecule has 0 N–H and O–H groups in total. The van der Waals surface area contributed by atoms with E-state index in [0.29, 0.717) is 24.0 Å². The highest BCUT2D eigenvalue weighted by molar-refractivity contribution is 5.80. The average molecular weight is 337 g/mol. The molecular weight excluding hydrogens is 318 g/mol. The van der Waals surface area contributed by atoms with Crippen LogP contribution in [0.15, 0.2) is 53.7 Å². The fourth-order valence-corrected chi connectivity index (χ4v) is 2.60. The van der Waals surface area contributed by atoms with Gasteiger partial charge in [0.1, 0.15) is 6.61 Å². The van der Waals surface area contributed by atoms with Crippen LogP contribution in [0.4, 0.5) is 0 Å². The van der Waals surface area contributed by atoms with E-state index in [4.69, 9.17) is 4.74 Å². The van der Waals surface area contributed by atoms with Crippen LogP contribution in [0, 0.1) is 6.92 Å². The molecule has 2 heterocycles. The van der Waals surface area contributed by atoms with Crippen molar-refractivity contribution in [3.05, 3.63) is 70.5 Å². The van der Waals surface area contributed by atoms with Crippen LogP contribution < -0.4 is 5.56 Å². The van der Waals surface area contributed by atoms with Crippen LogP contribution in [0.3, 0.4) is 0 Å². The summed E-state index contributed by atoms with van der Waals surface area (Å²) in [6.07, 6.45) is 3.95. The van der Waals surface area contributed by atoms with Gasteiger partial charge >= 0.3 is 5.97 Å². The van der Waals surface area contributed by atoms with Crippen LogP contribution in [-0.2, 0) is 22.7 Å². The summed E-state index contributed by atoms with van der Waals surface area (Å²) in [5.41, 5.74) is 2.31. The van der Waals surface area contributed by atoms with Gasteiger partial charge in [-0.25, -0.2) is 4.98 Å². The largest absolute Gasteiger partial charge is 0.459 e. The summed E-state index contributed by atoms with van der Waals surface area (Å²) in [6, 6.07) is 11.0. The Kier molecular flexibility index (Phi) is 5.18. The van der Waals surface area contributed by atoms with Gasteiger partial charge in [-0.05, 0) is 37.1 Å². The SMILES string of the molecule is Cc1cccc2c(=O)n(CCCC(=O)OCc3ccccn3)cnc12. The molecule has 2 aromatic heterocycles. The Morgan fingerprint density at radius 2 is 2.04 bits per heavy atom.